The first kappa shape index (κ1) is 15.4. The quantitative estimate of drug-likeness (QED) is 0.879. The number of rotatable bonds is 5. The van der Waals surface area contributed by atoms with Crippen molar-refractivity contribution in [3.05, 3.63) is 53.5 Å². The maximum Gasteiger partial charge on any atom is 0.244 e. The molecule has 1 aromatic heterocycles. The van der Waals surface area contributed by atoms with Crippen molar-refractivity contribution < 1.29 is 12.8 Å². The van der Waals surface area contributed by atoms with Crippen LogP contribution in [0.1, 0.15) is 11.1 Å². The van der Waals surface area contributed by atoms with Crippen molar-refractivity contribution in [3.8, 4) is 0 Å². The fourth-order valence-electron chi connectivity index (χ4n) is 1.97. The first-order valence-electron chi connectivity index (χ1n) is 6.35. The van der Waals surface area contributed by atoms with E-state index >= 15 is 0 Å². The summed E-state index contributed by atoms with van der Waals surface area (Å²) in [6.45, 7) is 1.98. The van der Waals surface area contributed by atoms with Gasteiger partial charge in [-0.1, -0.05) is 6.07 Å². The highest BCUT2D eigenvalue weighted by atomic mass is 32.2. The molecule has 21 heavy (non-hydrogen) atoms. The van der Waals surface area contributed by atoms with Gasteiger partial charge in [0.2, 0.25) is 10.0 Å². The Hall–Kier alpha value is -1.99. The van der Waals surface area contributed by atoms with E-state index in [4.69, 9.17) is 5.73 Å². The first-order valence-corrected chi connectivity index (χ1v) is 7.83. The average Bonchev–Trinajstić information content (AvgIpc) is 2.41. The summed E-state index contributed by atoms with van der Waals surface area (Å²) in [4.78, 5) is 3.71. The third-order valence-corrected chi connectivity index (χ3v) is 4.59. The van der Waals surface area contributed by atoms with Gasteiger partial charge in [-0.15, -0.1) is 0 Å². The first-order chi connectivity index (χ1) is 9.90. The second-order valence-corrected chi connectivity index (χ2v) is 6.34. The maximum absolute atomic E-state index is 13.0. The van der Waals surface area contributed by atoms with Crippen molar-refractivity contribution in [2.24, 2.45) is 0 Å². The molecule has 2 rings (SSSR count). The van der Waals surface area contributed by atoms with Gasteiger partial charge in [0.25, 0.3) is 0 Å². The summed E-state index contributed by atoms with van der Waals surface area (Å²) in [5.41, 5.74) is 7.23. The van der Waals surface area contributed by atoms with E-state index in [1.165, 1.54) is 30.5 Å². The lowest BCUT2D eigenvalue weighted by molar-refractivity contribution is 0.581. The van der Waals surface area contributed by atoms with Crippen LogP contribution in [0.25, 0.3) is 0 Å². The predicted octanol–water partition coefficient (Wildman–Crippen LogP) is 1.63. The highest BCUT2D eigenvalue weighted by molar-refractivity contribution is 7.89. The standard InChI is InChI=1S/C14H16FN3O2S/c1-10-9-12(15)5-4-11(10)6-8-18-21(19,20)13-3-2-7-17-14(13)16/h2-5,7,9,18H,6,8H2,1H3,(H2,16,17). The highest BCUT2D eigenvalue weighted by Gasteiger charge is 2.17. The molecule has 0 spiro atoms. The SMILES string of the molecule is Cc1cc(F)ccc1CCNS(=O)(=O)c1cccnc1N. The van der Waals surface area contributed by atoms with Gasteiger partial charge in [-0.25, -0.2) is 22.5 Å². The number of halogens is 1. The molecule has 0 atom stereocenters. The third kappa shape index (κ3) is 3.77. The number of pyridine rings is 1. The Morgan fingerprint density at radius 2 is 2.10 bits per heavy atom. The Balaban J connectivity index is 2.04. The number of aromatic nitrogens is 1. The molecule has 2 aromatic rings. The van der Waals surface area contributed by atoms with Crippen molar-refractivity contribution in [1.82, 2.24) is 9.71 Å². The number of hydrogen-bond acceptors (Lipinski definition) is 4. The van der Waals surface area contributed by atoms with Crippen LogP contribution in [0.3, 0.4) is 0 Å². The van der Waals surface area contributed by atoms with Crippen molar-refractivity contribution >= 4 is 15.8 Å². The Kier molecular flexibility index (Phi) is 4.54. The Bertz CT molecular complexity index is 748. The molecule has 0 fully saturated rings. The molecule has 1 aromatic carbocycles. The predicted molar refractivity (Wildman–Crippen MR) is 78.7 cm³/mol. The van der Waals surface area contributed by atoms with Gasteiger partial charge in [0.15, 0.2) is 0 Å². The second-order valence-electron chi connectivity index (χ2n) is 4.61. The number of aryl methyl sites for hydroxylation is 1. The number of nitrogens with two attached hydrogens (primary N) is 1. The van der Waals surface area contributed by atoms with Crippen molar-refractivity contribution in [2.75, 3.05) is 12.3 Å². The minimum absolute atomic E-state index is 0.0389. The molecular weight excluding hydrogens is 293 g/mol. The monoisotopic (exact) mass is 309 g/mol. The fourth-order valence-corrected chi connectivity index (χ4v) is 3.08. The van der Waals surface area contributed by atoms with Gasteiger partial charge in [0.1, 0.15) is 16.5 Å². The molecule has 1 heterocycles. The Morgan fingerprint density at radius 3 is 2.76 bits per heavy atom. The van der Waals surface area contributed by atoms with E-state index in [0.717, 1.165) is 11.1 Å². The van der Waals surface area contributed by atoms with Gasteiger partial charge in [-0.05, 0) is 48.7 Å². The maximum atomic E-state index is 13.0. The minimum atomic E-state index is -3.69. The van der Waals surface area contributed by atoms with Crippen molar-refractivity contribution in [2.45, 2.75) is 18.2 Å². The largest absolute Gasteiger partial charge is 0.383 e. The van der Waals surface area contributed by atoms with E-state index in [2.05, 4.69) is 9.71 Å². The molecule has 0 aliphatic rings. The van der Waals surface area contributed by atoms with E-state index in [0.29, 0.717) is 6.42 Å². The number of nitrogens with one attached hydrogen (secondary N) is 1. The molecule has 0 bridgehead atoms. The molecule has 0 saturated carbocycles. The zero-order valence-electron chi connectivity index (χ0n) is 11.5. The molecule has 0 unspecified atom stereocenters. The van der Waals surface area contributed by atoms with Crippen molar-refractivity contribution in [3.63, 3.8) is 0 Å². The van der Waals surface area contributed by atoms with Gasteiger partial charge in [-0.2, -0.15) is 0 Å². The van der Waals surface area contributed by atoms with Crippen LogP contribution in [0.15, 0.2) is 41.4 Å². The van der Waals surface area contributed by atoms with Crippen LogP contribution in [0, 0.1) is 12.7 Å². The van der Waals surface area contributed by atoms with Crippen LogP contribution in [0.4, 0.5) is 10.2 Å². The molecule has 0 aliphatic carbocycles. The van der Waals surface area contributed by atoms with Crippen LogP contribution < -0.4 is 10.5 Å². The molecule has 5 nitrogen and oxygen atoms in total. The van der Waals surface area contributed by atoms with E-state index in [1.807, 2.05) is 0 Å². The summed E-state index contributed by atoms with van der Waals surface area (Å²) in [6.07, 6.45) is 1.89. The van der Waals surface area contributed by atoms with Crippen LogP contribution in [-0.4, -0.2) is 19.9 Å². The van der Waals surface area contributed by atoms with Gasteiger partial charge < -0.3 is 5.73 Å². The number of nitrogen functional groups attached to an aromatic ring is 1. The molecule has 0 aliphatic heterocycles. The molecular formula is C14H16FN3O2S. The van der Waals surface area contributed by atoms with E-state index < -0.39 is 10.0 Å². The number of sulfonamides is 1. The van der Waals surface area contributed by atoms with Crippen LogP contribution in [0.2, 0.25) is 0 Å². The topological polar surface area (TPSA) is 85.1 Å². The lowest BCUT2D eigenvalue weighted by Gasteiger charge is -2.09. The number of benzene rings is 1. The Labute approximate surface area is 123 Å². The van der Waals surface area contributed by atoms with E-state index in [-0.39, 0.29) is 23.1 Å². The number of anilines is 1. The molecule has 3 N–H and O–H groups in total. The molecule has 0 saturated heterocycles. The normalized spacial score (nSPS) is 11.5. The average molecular weight is 309 g/mol. The summed E-state index contributed by atoms with van der Waals surface area (Å²) in [7, 11) is -3.69. The molecule has 0 amide bonds. The van der Waals surface area contributed by atoms with E-state index in [9.17, 15) is 12.8 Å². The zero-order valence-corrected chi connectivity index (χ0v) is 12.3. The number of hydrogen-bond donors (Lipinski definition) is 2. The van der Waals surface area contributed by atoms with E-state index in [1.54, 1.807) is 13.0 Å². The van der Waals surface area contributed by atoms with Crippen LogP contribution in [0.5, 0.6) is 0 Å². The third-order valence-electron chi connectivity index (χ3n) is 3.08. The summed E-state index contributed by atoms with van der Waals surface area (Å²) < 4.78 is 39.6. The molecule has 7 heteroatoms. The van der Waals surface area contributed by atoms with Gasteiger partial charge >= 0.3 is 0 Å². The van der Waals surface area contributed by atoms with Gasteiger partial charge in [-0.3, -0.25) is 0 Å². The van der Waals surface area contributed by atoms with Gasteiger partial charge in [0, 0.05) is 12.7 Å². The summed E-state index contributed by atoms with van der Waals surface area (Å²) in [5, 5.41) is 0. The smallest absolute Gasteiger partial charge is 0.244 e. The van der Waals surface area contributed by atoms with Crippen LogP contribution in [-0.2, 0) is 16.4 Å². The summed E-state index contributed by atoms with van der Waals surface area (Å²) in [5.74, 6) is -0.345. The molecule has 112 valence electrons. The number of nitrogens with zero attached hydrogens (tertiary/aromatic N) is 1. The summed E-state index contributed by atoms with van der Waals surface area (Å²) in [6, 6.07) is 7.33. The zero-order chi connectivity index (χ0) is 15.5. The van der Waals surface area contributed by atoms with Crippen LogP contribution >= 0.6 is 0 Å². The fraction of sp³-hybridized carbons (Fsp3) is 0.214. The van der Waals surface area contributed by atoms with Gasteiger partial charge in [0.05, 0.1) is 0 Å². The lowest BCUT2D eigenvalue weighted by Crippen LogP contribution is -2.27. The Morgan fingerprint density at radius 1 is 1.33 bits per heavy atom. The second kappa shape index (κ2) is 6.19. The lowest BCUT2D eigenvalue weighted by atomic mass is 10.1. The highest BCUT2D eigenvalue weighted by Crippen LogP contribution is 2.15. The summed E-state index contributed by atoms with van der Waals surface area (Å²) >= 11 is 0. The minimum Gasteiger partial charge on any atom is -0.383 e. The van der Waals surface area contributed by atoms with Crippen molar-refractivity contribution in [1.29, 1.82) is 0 Å². The molecule has 0 radical (unpaired) electrons.